The summed E-state index contributed by atoms with van der Waals surface area (Å²) in [6.45, 7) is 2.20. The molecule has 0 spiro atoms. The Morgan fingerprint density at radius 1 is 1.36 bits per heavy atom. The maximum Gasteiger partial charge on any atom is 0.130 e. The first kappa shape index (κ1) is 9.91. The molecule has 1 aliphatic rings. The Balaban J connectivity index is 2.29. The smallest absolute Gasteiger partial charge is 0.130 e. The average molecular weight is 253 g/mol. The van der Waals surface area contributed by atoms with Crippen molar-refractivity contribution >= 4 is 22.2 Å². The molecule has 1 aliphatic carbocycles. The van der Waals surface area contributed by atoms with Gasteiger partial charge in [0.1, 0.15) is 6.29 Å². The Kier molecular flexibility index (Phi) is 2.48. The molecule has 0 aromatic heterocycles. The molecule has 1 aromatic carbocycles. The number of rotatable bonds is 2. The lowest BCUT2D eigenvalue weighted by molar-refractivity contribution is -0.116. The van der Waals surface area contributed by atoms with Crippen molar-refractivity contribution < 1.29 is 4.79 Å². The minimum Gasteiger partial charge on any atom is -0.302 e. The van der Waals surface area contributed by atoms with Crippen molar-refractivity contribution in [2.75, 3.05) is 0 Å². The van der Waals surface area contributed by atoms with Crippen LogP contribution in [0.25, 0.3) is 0 Å². The van der Waals surface area contributed by atoms with Gasteiger partial charge in [-0.1, -0.05) is 35.0 Å². The zero-order valence-electron chi connectivity index (χ0n) is 8.16. The van der Waals surface area contributed by atoms with Crippen LogP contribution in [0, 0.1) is 5.92 Å². The van der Waals surface area contributed by atoms with Gasteiger partial charge in [0.2, 0.25) is 0 Å². The molecule has 0 amide bonds. The van der Waals surface area contributed by atoms with E-state index < -0.39 is 0 Å². The van der Waals surface area contributed by atoms with E-state index in [1.165, 1.54) is 0 Å². The van der Waals surface area contributed by atoms with Gasteiger partial charge in [0.15, 0.2) is 0 Å². The third kappa shape index (κ3) is 1.52. The second kappa shape index (κ2) is 3.50. The fourth-order valence-corrected chi connectivity index (χ4v) is 2.63. The van der Waals surface area contributed by atoms with Crippen LogP contribution in [0.4, 0.5) is 0 Å². The van der Waals surface area contributed by atoms with Crippen molar-refractivity contribution in [2.45, 2.75) is 25.2 Å². The summed E-state index contributed by atoms with van der Waals surface area (Å²) in [4.78, 5) is 11.1. The predicted octanol–water partition coefficient (Wildman–Crippen LogP) is 3.32. The van der Waals surface area contributed by atoms with Crippen molar-refractivity contribution in [2.24, 2.45) is 5.92 Å². The quantitative estimate of drug-likeness (QED) is 0.739. The van der Waals surface area contributed by atoms with E-state index in [0.29, 0.717) is 5.92 Å². The summed E-state index contributed by atoms with van der Waals surface area (Å²) in [6, 6.07) is 8.10. The molecule has 0 unspecified atom stereocenters. The highest BCUT2D eigenvalue weighted by Gasteiger charge is 2.43. The molecule has 14 heavy (non-hydrogen) atoms. The molecule has 1 nitrogen and oxygen atoms in total. The molecule has 2 rings (SSSR count). The van der Waals surface area contributed by atoms with E-state index in [4.69, 9.17) is 0 Å². The number of benzene rings is 1. The highest BCUT2D eigenvalue weighted by atomic mass is 79.9. The van der Waals surface area contributed by atoms with E-state index in [-0.39, 0.29) is 5.41 Å². The van der Waals surface area contributed by atoms with Crippen LogP contribution in [0.2, 0.25) is 0 Å². The predicted molar refractivity (Wildman–Crippen MR) is 60.3 cm³/mol. The van der Waals surface area contributed by atoms with Crippen molar-refractivity contribution in [1.82, 2.24) is 0 Å². The normalized spacial score (nSPS) is 30.9. The topological polar surface area (TPSA) is 17.1 Å². The number of carbonyl (C=O) groups excluding carboxylic acids is 1. The van der Waals surface area contributed by atoms with E-state index >= 15 is 0 Å². The first-order valence-corrected chi connectivity index (χ1v) is 5.68. The highest BCUT2D eigenvalue weighted by molar-refractivity contribution is 9.10. The van der Waals surface area contributed by atoms with E-state index in [1.54, 1.807) is 0 Å². The van der Waals surface area contributed by atoms with Crippen LogP contribution in [-0.4, -0.2) is 6.29 Å². The van der Waals surface area contributed by atoms with Crippen LogP contribution in [0.1, 0.15) is 25.3 Å². The van der Waals surface area contributed by atoms with Crippen LogP contribution in [-0.2, 0) is 10.2 Å². The fourth-order valence-electron chi connectivity index (χ4n) is 2.37. The number of hydrogen-bond acceptors (Lipinski definition) is 1. The van der Waals surface area contributed by atoms with Crippen molar-refractivity contribution in [3.05, 3.63) is 34.3 Å². The Morgan fingerprint density at radius 3 is 2.36 bits per heavy atom. The monoisotopic (exact) mass is 252 g/mol. The fraction of sp³-hybridized carbons (Fsp3) is 0.417. The molecule has 0 N–H and O–H groups in total. The van der Waals surface area contributed by atoms with Gasteiger partial charge >= 0.3 is 0 Å². The zero-order chi connectivity index (χ0) is 10.2. The van der Waals surface area contributed by atoms with Crippen molar-refractivity contribution in [3.8, 4) is 0 Å². The first-order chi connectivity index (χ1) is 6.66. The second-order valence-electron chi connectivity index (χ2n) is 4.29. The maximum atomic E-state index is 11.1. The van der Waals surface area contributed by atoms with Gasteiger partial charge in [-0.25, -0.2) is 0 Å². The van der Waals surface area contributed by atoms with Crippen molar-refractivity contribution in [1.29, 1.82) is 0 Å². The molecule has 0 bridgehead atoms. The number of aldehydes is 1. The van der Waals surface area contributed by atoms with Crippen LogP contribution in [0.5, 0.6) is 0 Å². The lowest BCUT2D eigenvalue weighted by Crippen LogP contribution is -2.41. The van der Waals surface area contributed by atoms with E-state index in [0.717, 1.165) is 29.2 Å². The van der Waals surface area contributed by atoms with Gasteiger partial charge in [0, 0.05) is 4.47 Å². The minimum absolute atomic E-state index is 0.180. The largest absolute Gasteiger partial charge is 0.302 e. The zero-order valence-corrected chi connectivity index (χ0v) is 9.75. The van der Waals surface area contributed by atoms with Gasteiger partial charge < -0.3 is 4.79 Å². The summed E-state index contributed by atoms with van der Waals surface area (Å²) in [7, 11) is 0. The van der Waals surface area contributed by atoms with E-state index in [9.17, 15) is 4.79 Å². The summed E-state index contributed by atoms with van der Waals surface area (Å²) in [5.41, 5.74) is 0.980. The number of carbonyl (C=O) groups is 1. The summed E-state index contributed by atoms with van der Waals surface area (Å²) in [6.07, 6.45) is 3.12. The molecule has 1 fully saturated rings. The Morgan fingerprint density at radius 2 is 1.93 bits per heavy atom. The van der Waals surface area contributed by atoms with Crippen LogP contribution in [0.3, 0.4) is 0 Å². The lowest BCUT2D eigenvalue weighted by atomic mass is 9.60. The highest BCUT2D eigenvalue weighted by Crippen LogP contribution is 2.46. The third-order valence-corrected chi connectivity index (χ3v) is 3.60. The molecule has 0 heterocycles. The Bertz CT molecular complexity index is 336. The summed E-state index contributed by atoms with van der Waals surface area (Å²) < 4.78 is 1.06. The lowest BCUT2D eigenvalue weighted by Gasteiger charge is -2.42. The summed E-state index contributed by atoms with van der Waals surface area (Å²) >= 11 is 3.40. The van der Waals surface area contributed by atoms with Crippen LogP contribution < -0.4 is 0 Å². The molecule has 0 saturated heterocycles. The molecule has 1 aromatic rings. The number of hydrogen-bond donors (Lipinski definition) is 0. The van der Waals surface area contributed by atoms with Crippen LogP contribution in [0.15, 0.2) is 28.7 Å². The van der Waals surface area contributed by atoms with Gasteiger partial charge in [-0.05, 0) is 36.5 Å². The van der Waals surface area contributed by atoms with Gasteiger partial charge in [-0.2, -0.15) is 0 Å². The van der Waals surface area contributed by atoms with Crippen molar-refractivity contribution in [3.63, 3.8) is 0 Å². The third-order valence-electron chi connectivity index (χ3n) is 3.07. The molecule has 74 valence electrons. The van der Waals surface area contributed by atoms with Gasteiger partial charge in [0.25, 0.3) is 0 Å². The van der Waals surface area contributed by atoms with Gasteiger partial charge in [0.05, 0.1) is 5.41 Å². The SMILES string of the molecule is CC1CC(C=O)(c2ccc(Br)cc2)C1. The molecular weight excluding hydrogens is 240 g/mol. The molecular formula is C12H13BrO. The van der Waals surface area contributed by atoms with E-state index in [2.05, 4.69) is 22.9 Å². The maximum absolute atomic E-state index is 11.1. The summed E-state index contributed by atoms with van der Waals surface area (Å²) in [5.74, 6) is 0.684. The van der Waals surface area contributed by atoms with Crippen LogP contribution >= 0.6 is 15.9 Å². The molecule has 1 saturated carbocycles. The molecule has 0 atom stereocenters. The Hall–Kier alpha value is -0.630. The van der Waals surface area contributed by atoms with Gasteiger partial charge in [-0.15, -0.1) is 0 Å². The Labute approximate surface area is 92.6 Å². The number of halogens is 1. The van der Waals surface area contributed by atoms with E-state index in [1.807, 2.05) is 24.3 Å². The van der Waals surface area contributed by atoms with Gasteiger partial charge in [-0.3, -0.25) is 0 Å². The molecule has 0 radical (unpaired) electrons. The molecule has 0 aliphatic heterocycles. The first-order valence-electron chi connectivity index (χ1n) is 4.89. The average Bonchev–Trinajstić information content (AvgIpc) is 2.14. The summed E-state index contributed by atoms with van der Waals surface area (Å²) in [5, 5.41) is 0. The minimum atomic E-state index is -0.180. The standard InChI is InChI=1S/C12H13BrO/c1-9-6-12(7-9,8-14)10-2-4-11(13)5-3-10/h2-5,8-9H,6-7H2,1H3. The molecule has 2 heteroatoms. The second-order valence-corrected chi connectivity index (χ2v) is 5.21.